The largest absolute Gasteiger partial charge is 0.496 e. The van der Waals surface area contributed by atoms with E-state index in [0.717, 1.165) is 28.3 Å². The summed E-state index contributed by atoms with van der Waals surface area (Å²) in [4.78, 5) is 0. The minimum Gasteiger partial charge on any atom is -0.496 e. The van der Waals surface area contributed by atoms with Gasteiger partial charge < -0.3 is 15.8 Å². The summed E-state index contributed by atoms with van der Waals surface area (Å²) in [6.45, 7) is 2.62. The average molecular weight is 277 g/mol. The first-order valence-electron chi connectivity index (χ1n) is 6.03. The highest BCUT2D eigenvalue weighted by Crippen LogP contribution is 2.27. The van der Waals surface area contributed by atoms with E-state index in [-0.39, 0.29) is 0 Å². The number of anilines is 2. The van der Waals surface area contributed by atoms with Crippen molar-refractivity contribution in [2.45, 2.75) is 13.5 Å². The van der Waals surface area contributed by atoms with Gasteiger partial charge in [-0.15, -0.1) is 0 Å². The third kappa shape index (κ3) is 3.12. The van der Waals surface area contributed by atoms with Gasteiger partial charge >= 0.3 is 0 Å². The topological polar surface area (TPSA) is 47.3 Å². The van der Waals surface area contributed by atoms with E-state index in [4.69, 9.17) is 22.1 Å². The predicted molar refractivity (Wildman–Crippen MR) is 80.9 cm³/mol. The summed E-state index contributed by atoms with van der Waals surface area (Å²) in [5, 5.41) is 4.05. The van der Waals surface area contributed by atoms with E-state index in [0.29, 0.717) is 11.6 Å². The number of hydrogen-bond acceptors (Lipinski definition) is 3. The smallest absolute Gasteiger partial charge is 0.125 e. The molecule has 0 amide bonds. The summed E-state index contributed by atoms with van der Waals surface area (Å²) in [6.07, 6.45) is 0. The van der Waals surface area contributed by atoms with E-state index in [9.17, 15) is 0 Å². The molecule has 3 N–H and O–H groups in total. The third-order valence-electron chi connectivity index (χ3n) is 3.00. The van der Waals surface area contributed by atoms with Gasteiger partial charge in [0.1, 0.15) is 5.75 Å². The van der Waals surface area contributed by atoms with Crippen molar-refractivity contribution in [1.29, 1.82) is 0 Å². The molecule has 0 radical (unpaired) electrons. The minimum absolute atomic E-state index is 0.605. The Hall–Kier alpha value is -1.87. The molecule has 0 aliphatic rings. The van der Waals surface area contributed by atoms with Gasteiger partial charge in [0.2, 0.25) is 0 Å². The summed E-state index contributed by atoms with van der Waals surface area (Å²) in [5.74, 6) is 0.785. The van der Waals surface area contributed by atoms with Crippen molar-refractivity contribution in [3.8, 4) is 5.75 Å². The zero-order chi connectivity index (χ0) is 13.8. The number of ether oxygens (including phenoxy) is 1. The first kappa shape index (κ1) is 13.6. The number of nitrogen functional groups attached to an aromatic ring is 1. The highest BCUT2D eigenvalue weighted by atomic mass is 35.5. The van der Waals surface area contributed by atoms with Crippen molar-refractivity contribution < 1.29 is 4.74 Å². The van der Waals surface area contributed by atoms with Crippen molar-refractivity contribution in [2.75, 3.05) is 18.2 Å². The Morgan fingerprint density at radius 3 is 2.74 bits per heavy atom. The summed E-state index contributed by atoms with van der Waals surface area (Å²) in [7, 11) is 1.64. The van der Waals surface area contributed by atoms with Gasteiger partial charge in [-0.2, -0.15) is 0 Å². The second kappa shape index (κ2) is 5.85. The van der Waals surface area contributed by atoms with E-state index in [1.807, 2.05) is 43.3 Å². The predicted octanol–water partition coefficient (Wildman–Crippen LogP) is 3.85. The fraction of sp³-hybridized carbons (Fsp3) is 0.200. The van der Waals surface area contributed by atoms with Crippen LogP contribution < -0.4 is 15.8 Å². The molecule has 0 fully saturated rings. The molecule has 2 aromatic rings. The summed E-state index contributed by atoms with van der Waals surface area (Å²) in [6, 6.07) is 11.4. The summed E-state index contributed by atoms with van der Waals surface area (Å²) < 4.78 is 5.32. The molecule has 2 aromatic carbocycles. The summed E-state index contributed by atoms with van der Waals surface area (Å²) >= 11 is 6.20. The van der Waals surface area contributed by atoms with E-state index >= 15 is 0 Å². The molecule has 0 aromatic heterocycles. The monoisotopic (exact) mass is 276 g/mol. The number of benzene rings is 2. The lowest BCUT2D eigenvalue weighted by atomic mass is 10.1. The molecule has 0 aliphatic heterocycles. The van der Waals surface area contributed by atoms with Crippen molar-refractivity contribution in [1.82, 2.24) is 0 Å². The van der Waals surface area contributed by atoms with Crippen LogP contribution in [-0.2, 0) is 6.54 Å². The van der Waals surface area contributed by atoms with Gasteiger partial charge in [0, 0.05) is 28.5 Å². The molecule has 2 rings (SSSR count). The van der Waals surface area contributed by atoms with Gasteiger partial charge in [0.25, 0.3) is 0 Å². The normalized spacial score (nSPS) is 10.3. The van der Waals surface area contributed by atoms with Crippen molar-refractivity contribution in [3.63, 3.8) is 0 Å². The zero-order valence-electron chi connectivity index (χ0n) is 11.0. The number of hydrogen-bond donors (Lipinski definition) is 2. The molecule has 3 nitrogen and oxygen atoms in total. The van der Waals surface area contributed by atoms with Crippen LogP contribution >= 0.6 is 11.6 Å². The number of rotatable bonds is 4. The average Bonchev–Trinajstić information content (AvgIpc) is 2.39. The van der Waals surface area contributed by atoms with Crippen LogP contribution in [0.15, 0.2) is 36.4 Å². The first-order valence-corrected chi connectivity index (χ1v) is 6.41. The van der Waals surface area contributed by atoms with Crippen molar-refractivity contribution in [2.24, 2.45) is 0 Å². The lowest BCUT2D eigenvalue weighted by Crippen LogP contribution is -2.04. The molecule has 0 saturated carbocycles. The van der Waals surface area contributed by atoms with Crippen LogP contribution in [-0.4, -0.2) is 7.11 Å². The SMILES string of the molecule is COc1cccc(Cl)c1CNc1ccc(N)cc1C. The van der Waals surface area contributed by atoms with E-state index < -0.39 is 0 Å². The van der Waals surface area contributed by atoms with E-state index in [2.05, 4.69) is 5.32 Å². The number of methoxy groups -OCH3 is 1. The molecular weight excluding hydrogens is 260 g/mol. The Kier molecular flexibility index (Phi) is 4.17. The van der Waals surface area contributed by atoms with Crippen LogP contribution in [0.1, 0.15) is 11.1 Å². The number of halogens is 1. The molecule has 0 heterocycles. The van der Waals surface area contributed by atoms with Crippen molar-refractivity contribution >= 4 is 23.0 Å². The molecular formula is C15H17ClN2O. The van der Waals surface area contributed by atoms with Crippen LogP contribution in [0.5, 0.6) is 5.75 Å². The van der Waals surface area contributed by atoms with Gasteiger partial charge in [-0.25, -0.2) is 0 Å². The lowest BCUT2D eigenvalue weighted by molar-refractivity contribution is 0.410. The fourth-order valence-corrected chi connectivity index (χ4v) is 2.20. The second-order valence-corrected chi connectivity index (χ2v) is 4.76. The highest BCUT2D eigenvalue weighted by Gasteiger charge is 2.07. The number of aryl methyl sites for hydroxylation is 1. The quantitative estimate of drug-likeness (QED) is 0.834. The molecule has 0 spiro atoms. The molecule has 0 unspecified atom stereocenters. The third-order valence-corrected chi connectivity index (χ3v) is 3.36. The first-order chi connectivity index (χ1) is 9.11. The van der Waals surface area contributed by atoms with Crippen LogP contribution in [0.4, 0.5) is 11.4 Å². The van der Waals surface area contributed by atoms with Crippen LogP contribution in [0.25, 0.3) is 0 Å². The Morgan fingerprint density at radius 2 is 2.05 bits per heavy atom. The number of nitrogens with two attached hydrogens (primary N) is 1. The molecule has 4 heteroatoms. The maximum Gasteiger partial charge on any atom is 0.125 e. The zero-order valence-corrected chi connectivity index (χ0v) is 11.8. The van der Waals surface area contributed by atoms with Crippen LogP contribution in [0.3, 0.4) is 0 Å². The molecule has 0 aliphatic carbocycles. The van der Waals surface area contributed by atoms with Gasteiger partial charge in [-0.1, -0.05) is 17.7 Å². The van der Waals surface area contributed by atoms with Crippen LogP contribution in [0.2, 0.25) is 5.02 Å². The minimum atomic E-state index is 0.605. The number of nitrogens with one attached hydrogen (secondary N) is 1. The fourth-order valence-electron chi connectivity index (χ4n) is 1.97. The van der Waals surface area contributed by atoms with E-state index in [1.54, 1.807) is 7.11 Å². The van der Waals surface area contributed by atoms with Gasteiger partial charge in [0.05, 0.1) is 7.11 Å². The molecule has 19 heavy (non-hydrogen) atoms. The highest BCUT2D eigenvalue weighted by molar-refractivity contribution is 6.31. The Bertz CT molecular complexity index is 584. The maximum atomic E-state index is 6.20. The van der Waals surface area contributed by atoms with Gasteiger partial charge in [-0.3, -0.25) is 0 Å². The molecule has 0 atom stereocenters. The maximum absolute atomic E-state index is 6.20. The second-order valence-electron chi connectivity index (χ2n) is 4.35. The van der Waals surface area contributed by atoms with Gasteiger partial charge in [-0.05, 0) is 42.8 Å². The molecule has 100 valence electrons. The van der Waals surface area contributed by atoms with Crippen molar-refractivity contribution in [3.05, 3.63) is 52.5 Å². The summed E-state index contributed by atoms with van der Waals surface area (Å²) in [5.41, 5.74) is 9.59. The molecule has 0 bridgehead atoms. The molecule has 0 saturated heterocycles. The Labute approximate surface area is 118 Å². The Morgan fingerprint density at radius 1 is 1.26 bits per heavy atom. The van der Waals surface area contributed by atoms with E-state index in [1.165, 1.54) is 0 Å². The van der Waals surface area contributed by atoms with Crippen LogP contribution in [0, 0.1) is 6.92 Å². The van der Waals surface area contributed by atoms with Gasteiger partial charge in [0.15, 0.2) is 0 Å². The lowest BCUT2D eigenvalue weighted by Gasteiger charge is -2.14. The standard InChI is InChI=1S/C15H17ClN2O/c1-10-8-11(17)6-7-14(10)18-9-12-13(16)4-3-5-15(12)19-2/h3-8,18H,9,17H2,1-2H3. The Balaban J connectivity index is 2.19.